The zero-order chi connectivity index (χ0) is 24.5. The Kier molecular flexibility index (Phi) is 9.30. The van der Waals surface area contributed by atoms with Crippen LogP contribution in [0.5, 0.6) is 11.5 Å². The molecule has 0 aliphatic heterocycles. The molecule has 2 N–H and O–H groups in total. The normalized spacial score (nSPS) is 11.0. The smallest absolute Gasteiger partial charge is 0.253 e. The number of nitrogens with one attached hydrogen (secondary N) is 2. The molecule has 0 spiro atoms. The molecular weight excluding hydrogens is 448 g/mol. The molecule has 7 nitrogen and oxygen atoms in total. The Labute approximate surface area is 206 Å². The quantitative estimate of drug-likeness (QED) is 0.391. The first-order chi connectivity index (χ1) is 16.5. The zero-order valence-electron chi connectivity index (χ0n) is 20.4. The second-order valence-corrected chi connectivity index (χ2v) is 8.30. The van der Waals surface area contributed by atoms with Gasteiger partial charge in [0.25, 0.3) is 5.56 Å². The zero-order valence-corrected chi connectivity index (χ0v) is 21.2. The number of likely N-dealkylation sites (N-methyl/N-ethyl adjacent to an activating group) is 1. The highest BCUT2D eigenvalue weighted by atomic mass is 32.1. The predicted octanol–water partition coefficient (Wildman–Crippen LogP) is 4.48. The molecule has 0 aliphatic carbocycles. The van der Waals surface area contributed by atoms with Crippen LogP contribution in [-0.2, 0) is 6.54 Å². The minimum absolute atomic E-state index is 0.116. The molecule has 1 aromatic heterocycles. The Morgan fingerprint density at radius 3 is 2.35 bits per heavy atom. The standard InChI is InChI=1S/C26H34N4O3S/c1-5-29(6-2)14-15-30(26(34)27-21-8-10-22(11-9-21)33-7-3)18-20-16-19-17-23(32-4)12-13-24(19)28-25(20)31/h8-13,16-17H,5-7,14-15,18H2,1-4H3,(H,27,34)(H,28,31). The SMILES string of the molecule is CCOc1ccc(NC(=S)N(CCN(CC)CC)Cc2cc3cc(OC)ccc3[nH]c2=O)cc1. The summed E-state index contributed by atoms with van der Waals surface area (Å²) in [6.45, 7) is 10.7. The number of rotatable bonds is 11. The van der Waals surface area contributed by atoms with Gasteiger partial charge in [0.1, 0.15) is 11.5 Å². The maximum atomic E-state index is 12.9. The summed E-state index contributed by atoms with van der Waals surface area (Å²) in [4.78, 5) is 20.2. The highest BCUT2D eigenvalue weighted by Crippen LogP contribution is 2.20. The third-order valence-electron chi connectivity index (χ3n) is 5.77. The summed E-state index contributed by atoms with van der Waals surface area (Å²) in [5, 5.41) is 4.81. The maximum absolute atomic E-state index is 12.9. The molecule has 2 aromatic carbocycles. The number of thiocarbonyl (C=S) groups is 1. The second-order valence-electron chi connectivity index (χ2n) is 7.91. The highest BCUT2D eigenvalue weighted by Gasteiger charge is 2.15. The lowest BCUT2D eigenvalue weighted by atomic mass is 10.1. The lowest BCUT2D eigenvalue weighted by molar-refractivity contribution is 0.266. The van der Waals surface area contributed by atoms with Crippen LogP contribution in [0.2, 0.25) is 0 Å². The number of methoxy groups -OCH3 is 1. The van der Waals surface area contributed by atoms with E-state index in [2.05, 4.69) is 29.0 Å². The van der Waals surface area contributed by atoms with Crippen LogP contribution < -0.4 is 20.3 Å². The van der Waals surface area contributed by atoms with Crippen molar-refractivity contribution < 1.29 is 9.47 Å². The van der Waals surface area contributed by atoms with Gasteiger partial charge in [-0.25, -0.2) is 0 Å². The Balaban J connectivity index is 1.83. The van der Waals surface area contributed by atoms with Crippen molar-refractivity contribution in [2.45, 2.75) is 27.3 Å². The van der Waals surface area contributed by atoms with Crippen molar-refractivity contribution in [2.75, 3.05) is 45.2 Å². The average molecular weight is 483 g/mol. The Morgan fingerprint density at radius 2 is 1.71 bits per heavy atom. The van der Waals surface area contributed by atoms with Gasteiger partial charge in [0.05, 0.1) is 20.3 Å². The molecule has 0 atom stereocenters. The van der Waals surface area contributed by atoms with Gasteiger partial charge in [-0.15, -0.1) is 0 Å². The van der Waals surface area contributed by atoms with Gasteiger partial charge < -0.3 is 29.6 Å². The minimum Gasteiger partial charge on any atom is -0.497 e. The first-order valence-electron chi connectivity index (χ1n) is 11.7. The molecule has 0 saturated heterocycles. The van der Waals surface area contributed by atoms with Crippen molar-refractivity contribution in [1.82, 2.24) is 14.8 Å². The number of anilines is 1. The van der Waals surface area contributed by atoms with E-state index in [1.807, 2.05) is 60.4 Å². The molecule has 3 rings (SSSR count). The van der Waals surface area contributed by atoms with Crippen molar-refractivity contribution in [2.24, 2.45) is 0 Å². The third kappa shape index (κ3) is 6.71. The van der Waals surface area contributed by atoms with E-state index in [-0.39, 0.29) is 5.56 Å². The van der Waals surface area contributed by atoms with Gasteiger partial charge in [-0.05, 0) is 80.8 Å². The number of hydrogen-bond donors (Lipinski definition) is 2. The maximum Gasteiger partial charge on any atom is 0.253 e. The van der Waals surface area contributed by atoms with Crippen LogP contribution in [0.3, 0.4) is 0 Å². The first-order valence-corrected chi connectivity index (χ1v) is 12.1. The average Bonchev–Trinajstić information content (AvgIpc) is 2.85. The summed E-state index contributed by atoms with van der Waals surface area (Å²) in [6.07, 6.45) is 0. The molecule has 0 bridgehead atoms. The second kappa shape index (κ2) is 12.4. The van der Waals surface area contributed by atoms with Crippen LogP contribution in [0, 0.1) is 0 Å². The van der Waals surface area contributed by atoms with E-state index in [1.165, 1.54) is 0 Å². The summed E-state index contributed by atoms with van der Waals surface area (Å²) in [5.41, 5.74) is 2.18. The number of H-pyrrole nitrogens is 1. The lowest BCUT2D eigenvalue weighted by Crippen LogP contribution is -2.41. The number of ether oxygens (including phenoxy) is 2. The lowest BCUT2D eigenvalue weighted by Gasteiger charge is -2.29. The van der Waals surface area contributed by atoms with E-state index in [4.69, 9.17) is 21.7 Å². The molecule has 0 unspecified atom stereocenters. The van der Waals surface area contributed by atoms with Gasteiger partial charge in [-0.3, -0.25) is 4.79 Å². The predicted molar refractivity (Wildman–Crippen MR) is 143 cm³/mol. The van der Waals surface area contributed by atoms with E-state index in [0.29, 0.717) is 30.4 Å². The van der Waals surface area contributed by atoms with Gasteiger partial charge >= 0.3 is 0 Å². The number of pyridine rings is 1. The van der Waals surface area contributed by atoms with Gasteiger partial charge in [0.2, 0.25) is 0 Å². The molecule has 0 fully saturated rings. The van der Waals surface area contributed by atoms with Gasteiger partial charge in [-0.1, -0.05) is 13.8 Å². The number of nitrogens with zero attached hydrogens (tertiary/aromatic N) is 2. The van der Waals surface area contributed by atoms with E-state index in [1.54, 1.807) is 7.11 Å². The molecule has 8 heteroatoms. The van der Waals surface area contributed by atoms with Crippen LogP contribution in [-0.4, -0.2) is 59.8 Å². The number of hydrogen-bond acceptors (Lipinski definition) is 5. The van der Waals surface area contributed by atoms with Gasteiger partial charge in [-0.2, -0.15) is 0 Å². The largest absolute Gasteiger partial charge is 0.497 e. The summed E-state index contributed by atoms with van der Waals surface area (Å²) < 4.78 is 10.9. The van der Waals surface area contributed by atoms with Crippen molar-refractivity contribution in [3.05, 3.63) is 64.4 Å². The van der Waals surface area contributed by atoms with Gasteiger partial charge in [0.15, 0.2) is 5.11 Å². The number of fused-ring (bicyclic) bond motifs is 1. The van der Waals surface area contributed by atoms with Crippen LogP contribution in [0.1, 0.15) is 26.3 Å². The number of aromatic amines is 1. The monoisotopic (exact) mass is 482 g/mol. The van der Waals surface area contributed by atoms with E-state index >= 15 is 0 Å². The van der Waals surface area contributed by atoms with Crippen molar-refractivity contribution in [1.29, 1.82) is 0 Å². The Bertz CT molecular complexity index is 1140. The van der Waals surface area contributed by atoms with Crippen LogP contribution in [0.25, 0.3) is 10.9 Å². The van der Waals surface area contributed by atoms with E-state index in [9.17, 15) is 4.79 Å². The van der Waals surface area contributed by atoms with Gasteiger partial charge in [0, 0.05) is 35.2 Å². The van der Waals surface area contributed by atoms with Crippen molar-refractivity contribution in [3.8, 4) is 11.5 Å². The minimum atomic E-state index is -0.116. The summed E-state index contributed by atoms with van der Waals surface area (Å²) >= 11 is 5.78. The Hall–Kier alpha value is -3.10. The summed E-state index contributed by atoms with van der Waals surface area (Å²) in [7, 11) is 1.63. The third-order valence-corrected chi connectivity index (χ3v) is 6.13. The molecule has 182 valence electrons. The van der Waals surface area contributed by atoms with Crippen LogP contribution >= 0.6 is 12.2 Å². The Morgan fingerprint density at radius 1 is 1.00 bits per heavy atom. The first kappa shape index (κ1) is 25.5. The molecule has 3 aromatic rings. The molecule has 0 aliphatic rings. The van der Waals surface area contributed by atoms with E-state index in [0.717, 1.165) is 47.7 Å². The van der Waals surface area contributed by atoms with Crippen LogP contribution in [0.4, 0.5) is 5.69 Å². The fourth-order valence-electron chi connectivity index (χ4n) is 3.74. The number of benzene rings is 2. The fourth-order valence-corrected chi connectivity index (χ4v) is 4.01. The topological polar surface area (TPSA) is 69.8 Å². The summed E-state index contributed by atoms with van der Waals surface area (Å²) in [5.74, 6) is 1.56. The van der Waals surface area contributed by atoms with E-state index < -0.39 is 0 Å². The molecule has 1 heterocycles. The summed E-state index contributed by atoms with van der Waals surface area (Å²) in [6, 6.07) is 15.2. The number of aromatic nitrogens is 1. The molecule has 0 saturated carbocycles. The molecule has 0 amide bonds. The van der Waals surface area contributed by atoms with Crippen molar-refractivity contribution in [3.63, 3.8) is 0 Å². The fraction of sp³-hybridized carbons (Fsp3) is 0.385. The highest BCUT2D eigenvalue weighted by molar-refractivity contribution is 7.80. The molecule has 34 heavy (non-hydrogen) atoms. The van der Waals surface area contributed by atoms with Crippen molar-refractivity contribution >= 4 is 33.9 Å². The molecular formula is C26H34N4O3S. The molecule has 0 radical (unpaired) electrons. The van der Waals surface area contributed by atoms with Crippen LogP contribution in [0.15, 0.2) is 53.3 Å².